The van der Waals surface area contributed by atoms with Gasteiger partial charge in [0.2, 0.25) is 0 Å². The molecule has 0 spiro atoms. The third-order valence-corrected chi connectivity index (χ3v) is 14.7. The van der Waals surface area contributed by atoms with Crippen LogP contribution in [0.1, 0.15) is 62.6 Å². The summed E-state index contributed by atoms with van der Waals surface area (Å²) >= 11 is 0. The second-order valence-electron chi connectivity index (χ2n) is 19.1. The molecule has 15 nitrogen and oxygen atoms in total. The Hall–Kier alpha value is -8.17. The molecule has 1 N–H and O–H groups in total. The van der Waals surface area contributed by atoms with E-state index in [0.717, 1.165) is 65.1 Å². The van der Waals surface area contributed by atoms with E-state index >= 15 is 0 Å². The van der Waals surface area contributed by atoms with Crippen LogP contribution in [0, 0.1) is 0 Å². The Balaban J connectivity index is 0.691. The molecule has 73 heavy (non-hydrogen) atoms. The van der Waals surface area contributed by atoms with E-state index in [0.29, 0.717) is 71.3 Å². The van der Waals surface area contributed by atoms with Crippen LogP contribution < -0.4 is 23.8 Å². The number of carbonyl (C=O) groups is 3. The number of hydrogen-bond donors (Lipinski definition) is 1. The van der Waals surface area contributed by atoms with Crippen LogP contribution in [0.3, 0.4) is 0 Å². The van der Waals surface area contributed by atoms with E-state index in [1.807, 2.05) is 55.0 Å². The van der Waals surface area contributed by atoms with Crippen molar-refractivity contribution in [3.63, 3.8) is 0 Å². The minimum Gasteiger partial charge on any atom is -0.493 e. The maximum atomic E-state index is 14.0. The monoisotopic (exact) mass is 979 g/mol. The van der Waals surface area contributed by atoms with Gasteiger partial charge in [0.15, 0.2) is 23.0 Å². The second kappa shape index (κ2) is 20.1. The molecular weight excluding hydrogens is 923 g/mol. The Kier molecular flexibility index (Phi) is 13.0. The summed E-state index contributed by atoms with van der Waals surface area (Å²) in [4.78, 5) is 59.7. The number of allylic oxidation sites excluding steroid dienone is 1. The van der Waals surface area contributed by atoms with E-state index < -0.39 is 6.09 Å². The average Bonchev–Trinajstić information content (AvgIpc) is 4.08. The molecule has 0 bridgehead atoms. The fourth-order valence-corrected chi connectivity index (χ4v) is 10.7. The largest absolute Gasteiger partial charge is 0.493 e. The smallest absolute Gasteiger partial charge is 0.407 e. The summed E-state index contributed by atoms with van der Waals surface area (Å²) in [6.07, 6.45) is 11.8. The number of carboxylic acid groups (broad SMARTS) is 1. The number of likely N-dealkylation sites (N-methyl/N-ethyl adjacent to an activating group) is 1. The molecule has 6 aliphatic rings. The lowest BCUT2D eigenvalue weighted by Crippen LogP contribution is -2.44. The van der Waals surface area contributed by atoms with Crippen LogP contribution in [0.25, 0.3) is 16.7 Å². The van der Waals surface area contributed by atoms with Crippen molar-refractivity contribution in [2.45, 2.75) is 37.3 Å². The number of nitrogens with zero attached hydrogens (tertiary/aromatic N) is 7. The molecule has 5 aliphatic heterocycles. The van der Waals surface area contributed by atoms with Gasteiger partial charge in [0.1, 0.15) is 0 Å². The molecule has 3 amide bonds. The Labute approximate surface area is 424 Å². The van der Waals surface area contributed by atoms with Crippen molar-refractivity contribution < 1.29 is 38.4 Å². The second-order valence-corrected chi connectivity index (χ2v) is 19.1. The van der Waals surface area contributed by atoms with Crippen molar-refractivity contribution in [1.29, 1.82) is 0 Å². The Bertz CT molecular complexity index is 3090. The van der Waals surface area contributed by atoms with E-state index in [1.165, 1.54) is 17.7 Å². The maximum absolute atomic E-state index is 14.0. The molecule has 1 aliphatic carbocycles. The van der Waals surface area contributed by atoms with Crippen LogP contribution in [0.15, 0.2) is 137 Å². The van der Waals surface area contributed by atoms with Gasteiger partial charge in [-0.15, -0.1) is 0 Å². The topological polar surface area (TPSA) is 149 Å². The van der Waals surface area contributed by atoms with Gasteiger partial charge in [-0.25, -0.2) is 4.79 Å². The van der Waals surface area contributed by atoms with Gasteiger partial charge in [0.05, 0.1) is 62.0 Å². The fraction of sp³-hybridized carbons (Fsp3) is 0.293. The van der Waals surface area contributed by atoms with Gasteiger partial charge >= 0.3 is 6.09 Å². The van der Waals surface area contributed by atoms with Gasteiger partial charge in [-0.3, -0.25) is 19.6 Å². The third kappa shape index (κ3) is 9.32. The summed E-state index contributed by atoms with van der Waals surface area (Å²) in [5.41, 5.74) is 10.6. The molecule has 1 saturated heterocycles. The molecule has 0 aromatic heterocycles. The van der Waals surface area contributed by atoms with Gasteiger partial charge in [-0.1, -0.05) is 72.8 Å². The van der Waals surface area contributed by atoms with Crippen LogP contribution in [-0.2, 0) is 0 Å². The minimum atomic E-state index is -0.992. The Morgan fingerprint density at radius 3 is 1.84 bits per heavy atom. The van der Waals surface area contributed by atoms with Crippen LogP contribution in [-0.4, -0.2) is 141 Å². The molecule has 2 atom stereocenters. The lowest BCUT2D eigenvalue weighted by atomic mass is 9.96. The molecule has 0 saturated carbocycles. The lowest BCUT2D eigenvalue weighted by molar-refractivity contribution is 0.0809. The molecule has 0 radical (unpaired) electrons. The first-order chi connectivity index (χ1) is 35.6. The summed E-state index contributed by atoms with van der Waals surface area (Å²) in [6, 6.07) is 31.3. The van der Waals surface area contributed by atoms with Crippen molar-refractivity contribution in [1.82, 2.24) is 19.6 Å². The summed E-state index contributed by atoms with van der Waals surface area (Å²) in [6.45, 7) is 5.18. The highest BCUT2D eigenvalue weighted by molar-refractivity contribution is 6.06. The molecule has 372 valence electrons. The predicted molar refractivity (Wildman–Crippen MR) is 282 cm³/mol. The van der Waals surface area contributed by atoms with Crippen LogP contribution in [0.4, 0.5) is 21.9 Å². The van der Waals surface area contributed by atoms with Gasteiger partial charge in [-0.05, 0) is 76.7 Å². The highest BCUT2D eigenvalue weighted by Crippen LogP contribution is 2.46. The van der Waals surface area contributed by atoms with Gasteiger partial charge < -0.3 is 48.6 Å². The Morgan fingerprint density at radius 2 is 1.26 bits per heavy atom. The summed E-state index contributed by atoms with van der Waals surface area (Å²) in [5, 5.41) is 10.2. The third-order valence-electron chi connectivity index (χ3n) is 14.7. The first-order valence-electron chi connectivity index (χ1n) is 24.9. The molecule has 15 heteroatoms. The highest BCUT2D eigenvalue weighted by Gasteiger charge is 2.36. The molecule has 5 aromatic rings. The summed E-state index contributed by atoms with van der Waals surface area (Å²) < 4.78 is 23.8. The number of amides is 3. The number of ether oxygens (including phenoxy) is 4. The quantitative estimate of drug-likeness (QED) is 0.101. The lowest BCUT2D eigenvalue weighted by Gasteiger charge is -2.34. The number of rotatable bonds is 15. The molecule has 5 aromatic carbocycles. The van der Waals surface area contributed by atoms with E-state index in [9.17, 15) is 19.5 Å². The summed E-state index contributed by atoms with van der Waals surface area (Å²) in [7, 11) is 5.23. The van der Waals surface area contributed by atoms with Crippen molar-refractivity contribution in [2.24, 2.45) is 9.98 Å². The van der Waals surface area contributed by atoms with Crippen molar-refractivity contribution in [3.8, 4) is 34.1 Å². The molecule has 11 rings (SSSR count). The van der Waals surface area contributed by atoms with Crippen LogP contribution >= 0.6 is 0 Å². The number of carbonyl (C=O) groups excluding carboxylic acids is 2. The maximum Gasteiger partial charge on any atom is 0.407 e. The van der Waals surface area contributed by atoms with Gasteiger partial charge in [0, 0.05) is 101 Å². The fourth-order valence-electron chi connectivity index (χ4n) is 10.7. The first-order valence-corrected chi connectivity index (χ1v) is 24.9. The zero-order chi connectivity index (χ0) is 50.2. The zero-order valence-electron chi connectivity index (χ0n) is 41.1. The van der Waals surface area contributed by atoms with E-state index in [2.05, 4.69) is 65.4 Å². The zero-order valence-corrected chi connectivity index (χ0v) is 41.1. The number of benzene rings is 5. The van der Waals surface area contributed by atoms with Gasteiger partial charge in [0.25, 0.3) is 11.8 Å². The van der Waals surface area contributed by atoms with Crippen LogP contribution in [0.5, 0.6) is 23.0 Å². The van der Waals surface area contributed by atoms with Crippen molar-refractivity contribution >= 4 is 53.0 Å². The average molecular weight is 980 g/mol. The highest BCUT2D eigenvalue weighted by atomic mass is 16.5. The van der Waals surface area contributed by atoms with E-state index in [1.54, 1.807) is 47.4 Å². The molecule has 5 heterocycles. The van der Waals surface area contributed by atoms with Crippen LogP contribution in [0.2, 0.25) is 0 Å². The SMILES string of the molecule is COc1cc2c(cc1OCCCOc1cc3c(cc1OC)C(=O)N1C=C(c4ccc(N5CCN(C)CC5)cc4)C[C@H]1C=N3)N=C[C@@H]1CC(/C=C/CN(CC3c4ccccc4-c4ccccc43)C(=O)O)=CN1C2=O. The number of anilines is 1. The number of aliphatic imine (C=N–C) groups is 2. The number of methoxy groups -OCH3 is 2. The minimum absolute atomic E-state index is 0.0628. The standard InChI is InChI=1S/C58H57N7O8/c1-61-20-22-62(23-21-61)40-17-15-38(16-18-40)39-27-42-33-60-51-31-55(53(71-3)29-48(51)57(67)65(42)35-39)73-25-9-24-72-54-30-50-47(28-52(54)70-2)56(66)64-34-37(26-41(64)32-59-50)10-8-19-63(58(68)69)36-49-45-13-6-4-11-43(45)44-12-5-7-14-46(44)49/h4-8,10-18,28-35,41-42,49H,9,19-27,36H2,1-3H3,(H,68,69)/b10-8+/t41-,42-/m0/s1. The number of piperazine rings is 1. The summed E-state index contributed by atoms with van der Waals surface area (Å²) in [5.74, 6) is 1.29. The normalized spacial score (nSPS) is 18.8. The van der Waals surface area contributed by atoms with Crippen molar-refractivity contribution in [3.05, 3.63) is 155 Å². The van der Waals surface area contributed by atoms with E-state index in [-0.39, 0.29) is 49.6 Å². The van der Waals surface area contributed by atoms with Crippen molar-refractivity contribution in [2.75, 3.05) is 78.6 Å². The number of fused-ring (bicyclic) bond motifs is 7. The first kappa shape index (κ1) is 47.2. The van der Waals surface area contributed by atoms with Gasteiger partial charge in [-0.2, -0.15) is 0 Å². The molecular formula is C58H57N7O8. The molecule has 1 fully saturated rings. The number of hydrogen-bond acceptors (Lipinski definition) is 11. The Morgan fingerprint density at radius 1 is 0.699 bits per heavy atom. The predicted octanol–water partition coefficient (Wildman–Crippen LogP) is 9.44. The van der Waals surface area contributed by atoms with E-state index in [4.69, 9.17) is 28.9 Å². The molecule has 0 unspecified atom stereocenters.